The Morgan fingerprint density at radius 3 is 2.85 bits per heavy atom. The Bertz CT molecular complexity index is 439. The molecule has 1 aromatic rings. The molecule has 1 aliphatic rings. The van der Waals surface area contributed by atoms with Crippen molar-refractivity contribution in [1.82, 2.24) is 4.90 Å². The highest BCUT2D eigenvalue weighted by Crippen LogP contribution is 2.29. The van der Waals surface area contributed by atoms with Gasteiger partial charge in [-0.05, 0) is 25.1 Å². The van der Waals surface area contributed by atoms with Crippen molar-refractivity contribution in [3.05, 3.63) is 23.8 Å². The van der Waals surface area contributed by atoms with Crippen LogP contribution >= 0.6 is 0 Å². The lowest BCUT2D eigenvalue weighted by molar-refractivity contribution is -0.0199. The normalized spacial score (nSPS) is 21.5. The van der Waals surface area contributed by atoms with Crippen molar-refractivity contribution in [2.75, 3.05) is 40.5 Å². The highest BCUT2D eigenvalue weighted by atomic mass is 16.5. The summed E-state index contributed by atoms with van der Waals surface area (Å²) in [5.74, 6) is 1.60. The van der Waals surface area contributed by atoms with Crippen LogP contribution in [0.5, 0.6) is 11.5 Å². The third-order valence-corrected chi connectivity index (χ3v) is 3.62. The number of morpholine rings is 1. The zero-order valence-corrected chi connectivity index (χ0v) is 12.5. The van der Waals surface area contributed by atoms with Crippen LogP contribution < -0.4 is 15.2 Å². The van der Waals surface area contributed by atoms with Gasteiger partial charge in [0, 0.05) is 31.2 Å². The predicted octanol–water partition coefficient (Wildman–Crippen LogP) is 1.42. The summed E-state index contributed by atoms with van der Waals surface area (Å²) in [6.45, 7) is 5.48. The maximum atomic E-state index is 6.35. The van der Waals surface area contributed by atoms with Gasteiger partial charge in [0.25, 0.3) is 0 Å². The second-order valence-electron chi connectivity index (χ2n) is 5.16. The first-order valence-electron chi connectivity index (χ1n) is 6.95. The lowest BCUT2D eigenvalue weighted by atomic mass is 10.0. The number of rotatable bonds is 5. The fraction of sp³-hybridized carbons (Fsp3) is 0.600. The fourth-order valence-electron chi connectivity index (χ4n) is 2.56. The Hall–Kier alpha value is -1.30. The van der Waals surface area contributed by atoms with E-state index in [2.05, 4.69) is 11.8 Å². The number of methoxy groups -OCH3 is 2. The molecule has 112 valence electrons. The maximum Gasteiger partial charge on any atom is 0.123 e. The van der Waals surface area contributed by atoms with Gasteiger partial charge in [-0.1, -0.05) is 0 Å². The van der Waals surface area contributed by atoms with Crippen molar-refractivity contribution in [3.8, 4) is 11.5 Å². The van der Waals surface area contributed by atoms with E-state index >= 15 is 0 Å². The summed E-state index contributed by atoms with van der Waals surface area (Å²) >= 11 is 0. The molecule has 0 amide bonds. The summed E-state index contributed by atoms with van der Waals surface area (Å²) < 4.78 is 16.2. The molecule has 0 aromatic heterocycles. The zero-order chi connectivity index (χ0) is 14.5. The number of hydrogen-bond donors (Lipinski definition) is 1. The fourth-order valence-corrected chi connectivity index (χ4v) is 2.56. The second-order valence-corrected chi connectivity index (χ2v) is 5.16. The molecule has 1 fully saturated rings. The molecular formula is C15H24N2O3. The Kier molecular flexibility index (Phi) is 5.23. The number of ether oxygens (including phenoxy) is 3. The van der Waals surface area contributed by atoms with Gasteiger partial charge < -0.3 is 19.9 Å². The zero-order valence-electron chi connectivity index (χ0n) is 12.5. The molecule has 2 atom stereocenters. The first kappa shape index (κ1) is 15.1. The lowest BCUT2D eigenvalue weighted by Gasteiger charge is -2.33. The van der Waals surface area contributed by atoms with Crippen molar-refractivity contribution in [2.45, 2.75) is 19.1 Å². The highest BCUT2D eigenvalue weighted by molar-refractivity contribution is 5.42. The number of nitrogens with two attached hydrogens (primary N) is 1. The van der Waals surface area contributed by atoms with Gasteiger partial charge in [-0.3, -0.25) is 4.90 Å². The van der Waals surface area contributed by atoms with E-state index in [0.29, 0.717) is 0 Å². The van der Waals surface area contributed by atoms with Crippen LogP contribution in [0, 0.1) is 0 Å². The molecule has 2 unspecified atom stereocenters. The molecular weight excluding hydrogens is 256 g/mol. The third-order valence-electron chi connectivity index (χ3n) is 3.62. The molecule has 2 N–H and O–H groups in total. The van der Waals surface area contributed by atoms with E-state index < -0.39 is 0 Å². The molecule has 0 saturated carbocycles. The minimum absolute atomic E-state index is 0.106. The van der Waals surface area contributed by atoms with Gasteiger partial charge in [0.05, 0.1) is 26.9 Å². The van der Waals surface area contributed by atoms with Crippen LogP contribution in [0.4, 0.5) is 0 Å². The molecule has 1 aliphatic heterocycles. The van der Waals surface area contributed by atoms with Crippen LogP contribution in [0.1, 0.15) is 18.5 Å². The molecule has 20 heavy (non-hydrogen) atoms. The van der Waals surface area contributed by atoms with Crippen molar-refractivity contribution < 1.29 is 14.2 Å². The van der Waals surface area contributed by atoms with Crippen molar-refractivity contribution in [1.29, 1.82) is 0 Å². The van der Waals surface area contributed by atoms with E-state index in [9.17, 15) is 0 Å². The van der Waals surface area contributed by atoms with Gasteiger partial charge in [-0.15, -0.1) is 0 Å². The largest absolute Gasteiger partial charge is 0.497 e. The van der Waals surface area contributed by atoms with E-state index in [-0.39, 0.29) is 12.1 Å². The summed E-state index contributed by atoms with van der Waals surface area (Å²) in [6, 6.07) is 5.63. The van der Waals surface area contributed by atoms with Crippen LogP contribution in [0.2, 0.25) is 0 Å². The van der Waals surface area contributed by atoms with Crippen LogP contribution in [-0.2, 0) is 4.74 Å². The Labute approximate surface area is 120 Å². The molecule has 0 aliphatic carbocycles. The summed E-state index contributed by atoms with van der Waals surface area (Å²) in [5, 5.41) is 0. The maximum absolute atomic E-state index is 6.35. The average Bonchev–Trinajstić information content (AvgIpc) is 2.46. The Morgan fingerprint density at radius 2 is 2.20 bits per heavy atom. The molecule has 1 heterocycles. The average molecular weight is 280 g/mol. The molecule has 1 saturated heterocycles. The molecule has 1 aromatic carbocycles. The van der Waals surface area contributed by atoms with Gasteiger partial charge in [0.15, 0.2) is 0 Å². The second kappa shape index (κ2) is 6.92. The van der Waals surface area contributed by atoms with Crippen molar-refractivity contribution >= 4 is 0 Å². The predicted molar refractivity (Wildman–Crippen MR) is 78.3 cm³/mol. The van der Waals surface area contributed by atoms with Crippen LogP contribution in [0.15, 0.2) is 18.2 Å². The number of nitrogens with zero attached hydrogens (tertiary/aromatic N) is 1. The molecule has 5 heteroatoms. The molecule has 5 nitrogen and oxygen atoms in total. The van der Waals surface area contributed by atoms with Crippen LogP contribution in [0.3, 0.4) is 0 Å². The summed E-state index contributed by atoms with van der Waals surface area (Å²) in [7, 11) is 3.32. The van der Waals surface area contributed by atoms with E-state index in [4.69, 9.17) is 19.9 Å². The molecule has 0 radical (unpaired) electrons. The van der Waals surface area contributed by atoms with Crippen molar-refractivity contribution in [2.24, 2.45) is 5.73 Å². The standard InChI is InChI=1S/C15H24N2O3/c1-11-9-17(6-7-20-11)10-14(16)13-8-12(18-2)4-5-15(13)19-3/h4-5,8,11,14H,6-7,9-10,16H2,1-3H3. The Morgan fingerprint density at radius 1 is 1.40 bits per heavy atom. The topological polar surface area (TPSA) is 57.0 Å². The number of benzene rings is 1. The molecule has 2 rings (SSSR count). The summed E-state index contributed by atoms with van der Waals surface area (Å²) in [5.41, 5.74) is 7.33. The van der Waals surface area contributed by atoms with Crippen LogP contribution in [0.25, 0.3) is 0 Å². The van der Waals surface area contributed by atoms with E-state index in [1.807, 2.05) is 18.2 Å². The van der Waals surface area contributed by atoms with Crippen molar-refractivity contribution in [3.63, 3.8) is 0 Å². The quantitative estimate of drug-likeness (QED) is 0.884. The van der Waals surface area contributed by atoms with E-state index in [0.717, 1.165) is 43.3 Å². The van der Waals surface area contributed by atoms with E-state index in [1.165, 1.54) is 0 Å². The van der Waals surface area contributed by atoms with E-state index in [1.54, 1.807) is 14.2 Å². The monoisotopic (exact) mass is 280 g/mol. The smallest absolute Gasteiger partial charge is 0.123 e. The lowest BCUT2D eigenvalue weighted by Crippen LogP contribution is -2.44. The van der Waals surface area contributed by atoms with Gasteiger partial charge in [-0.2, -0.15) is 0 Å². The SMILES string of the molecule is COc1ccc(OC)c(C(N)CN2CCOC(C)C2)c1. The minimum atomic E-state index is -0.106. The third kappa shape index (κ3) is 3.62. The van der Waals surface area contributed by atoms with Gasteiger partial charge >= 0.3 is 0 Å². The summed E-state index contributed by atoms with van der Waals surface area (Å²) in [4.78, 5) is 2.33. The first-order chi connectivity index (χ1) is 9.63. The number of hydrogen-bond acceptors (Lipinski definition) is 5. The van der Waals surface area contributed by atoms with Gasteiger partial charge in [-0.25, -0.2) is 0 Å². The summed E-state index contributed by atoms with van der Waals surface area (Å²) in [6.07, 6.45) is 0.267. The Balaban J connectivity index is 2.09. The van der Waals surface area contributed by atoms with Crippen LogP contribution in [-0.4, -0.2) is 51.5 Å². The highest BCUT2D eigenvalue weighted by Gasteiger charge is 2.21. The molecule has 0 bridgehead atoms. The first-order valence-corrected chi connectivity index (χ1v) is 6.95. The van der Waals surface area contributed by atoms with Gasteiger partial charge in [0.1, 0.15) is 11.5 Å². The molecule has 0 spiro atoms. The minimum Gasteiger partial charge on any atom is -0.497 e. The van der Waals surface area contributed by atoms with Gasteiger partial charge in [0.2, 0.25) is 0 Å².